The molecular formula is C14H17FN2O2. The Morgan fingerprint density at radius 1 is 1.42 bits per heavy atom. The zero-order valence-electron chi connectivity index (χ0n) is 11.0. The minimum absolute atomic E-state index is 0.00661. The fraction of sp³-hybridized carbons (Fsp3) is 0.429. The van der Waals surface area contributed by atoms with Crippen LogP contribution in [0, 0.1) is 17.7 Å². The summed E-state index contributed by atoms with van der Waals surface area (Å²) in [6.45, 7) is 4.23. The number of nitrogens with one attached hydrogen (secondary N) is 2. The van der Waals surface area contributed by atoms with Gasteiger partial charge in [0, 0.05) is 12.5 Å². The van der Waals surface area contributed by atoms with Crippen LogP contribution in [0.1, 0.15) is 30.6 Å². The zero-order chi connectivity index (χ0) is 14.0. The molecule has 0 saturated heterocycles. The number of benzene rings is 1. The first-order valence-electron chi connectivity index (χ1n) is 6.41. The van der Waals surface area contributed by atoms with Crippen LogP contribution < -0.4 is 10.6 Å². The van der Waals surface area contributed by atoms with Crippen LogP contribution in [0.5, 0.6) is 0 Å². The number of anilines is 1. The van der Waals surface area contributed by atoms with Gasteiger partial charge < -0.3 is 10.6 Å². The standard InChI is InChI=1S/C14H17FN2O2/c1-3-16-13(18)11-7-9(15)4-5-12(11)17-14(19)10-6-8(10)2/h4-5,7-8,10H,3,6H2,1-2H3,(H,16,18)(H,17,19). The summed E-state index contributed by atoms with van der Waals surface area (Å²) in [6.07, 6.45) is 0.865. The molecule has 102 valence electrons. The number of amides is 2. The molecular weight excluding hydrogens is 247 g/mol. The highest BCUT2D eigenvalue weighted by Gasteiger charge is 2.39. The molecule has 0 heterocycles. The molecule has 2 unspecified atom stereocenters. The second-order valence-electron chi connectivity index (χ2n) is 4.86. The maximum Gasteiger partial charge on any atom is 0.253 e. The van der Waals surface area contributed by atoms with Crippen molar-refractivity contribution in [2.75, 3.05) is 11.9 Å². The summed E-state index contributed by atoms with van der Waals surface area (Å²) in [5.41, 5.74) is 0.514. The van der Waals surface area contributed by atoms with Crippen molar-refractivity contribution in [3.05, 3.63) is 29.6 Å². The quantitative estimate of drug-likeness (QED) is 0.875. The average molecular weight is 264 g/mol. The highest BCUT2D eigenvalue weighted by atomic mass is 19.1. The molecule has 1 aliphatic rings. The Morgan fingerprint density at radius 3 is 2.68 bits per heavy atom. The van der Waals surface area contributed by atoms with E-state index < -0.39 is 5.82 Å². The largest absolute Gasteiger partial charge is 0.352 e. The molecule has 0 aromatic heterocycles. The molecule has 0 spiro atoms. The van der Waals surface area contributed by atoms with Gasteiger partial charge in [0.1, 0.15) is 5.82 Å². The van der Waals surface area contributed by atoms with Gasteiger partial charge in [-0.15, -0.1) is 0 Å². The molecule has 0 radical (unpaired) electrons. The molecule has 0 bridgehead atoms. The fourth-order valence-electron chi connectivity index (χ4n) is 1.98. The van der Waals surface area contributed by atoms with Crippen LogP contribution in [0.25, 0.3) is 0 Å². The highest BCUT2D eigenvalue weighted by molar-refractivity contribution is 6.04. The number of halogens is 1. The minimum atomic E-state index is -0.501. The van der Waals surface area contributed by atoms with E-state index in [-0.39, 0.29) is 23.3 Å². The third-order valence-corrected chi connectivity index (χ3v) is 3.27. The van der Waals surface area contributed by atoms with Crippen LogP contribution in [-0.2, 0) is 4.79 Å². The smallest absolute Gasteiger partial charge is 0.253 e. The second kappa shape index (κ2) is 5.38. The molecule has 2 rings (SSSR count). The Morgan fingerprint density at radius 2 is 2.11 bits per heavy atom. The zero-order valence-corrected chi connectivity index (χ0v) is 11.0. The van der Waals surface area contributed by atoms with Crippen molar-refractivity contribution in [3.8, 4) is 0 Å². The lowest BCUT2D eigenvalue weighted by atomic mass is 10.1. The van der Waals surface area contributed by atoms with Gasteiger partial charge in [0.15, 0.2) is 0 Å². The van der Waals surface area contributed by atoms with Gasteiger partial charge in [-0.05, 0) is 37.5 Å². The van der Waals surface area contributed by atoms with Crippen molar-refractivity contribution in [2.24, 2.45) is 11.8 Å². The molecule has 0 aliphatic heterocycles. The van der Waals surface area contributed by atoms with Gasteiger partial charge in [0.2, 0.25) is 5.91 Å². The van der Waals surface area contributed by atoms with E-state index in [4.69, 9.17) is 0 Å². The fourth-order valence-corrected chi connectivity index (χ4v) is 1.98. The lowest BCUT2D eigenvalue weighted by Crippen LogP contribution is -2.25. The van der Waals surface area contributed by atoms with Gasteiger partial charge in [-0.1, -0.05) is 6.92 Å². The van der Waals surface area contributed by atoms with Gasteiger partial charge in [-0.3, -0.25) is 9.59 Å². The van der Waals surface area contributed by atoms with Crippen LogP contribution in [0.2, 0.25) is 0 Å². The van der Waals surface area contributed by atoms with E-state index in [9.17, 15) is 14.0 Å². The van der Waals surface area contributed by atoms with Crippen LogP contribution in [0.4, 0.5) is 10.1 Å². The van der Waals surface area contributed by atoms with Crippen molar-refractivity contribution in [3.63, 3.8) is 0 Å². The molecule has 19 heavy (non-hydrogen) atoms. The monoisotopic (exact) mass is 264 g/mol. The molecule has 1 aromatic rings. The third kappa shape index (κ3) is 3.10. The number of rotatable bonds is 4. The van der Waals surface area contributed by atoms with E-state index in [1.165, 1.54) is 12.1 Å². The lowest BCUT2D eigenvalue weighted by molar-refractivity contribution is -0.117. The van der Waals surface area contributed by atoms with Gasteiger partial charge in [-0.2, -0.15) is 0 Å². The summed E-state index contributed by atoms with van der Waals surface area (Å²) >= 11 is 0. The average Bonchev–Trinajstić information content (AvgIpc) is 3.09. The van der Waals surface area contributed by atoms with Crippen molar-refractivity contribution in [1.29, 1.82) is 0 Å². The van der Waals surface area contributed by atoms with E-state index in [0.29, 0.717) is 18.2 Å². The van der Waals surface area contributed by atoms with Crippen LogP contribution >= 0.6 is 0 Å². The van der Waals surface area contributed by atoms with Gasteiger partial charge in [0.25, 0.3) is 5.91 Å². The van der Waals surface area contributed by atoms with Gasteiger partial charge >= 0.3 is 0 Å². The van der Waals surface area contributed by atoms with E-state index in [1.54, 1.807) is 6.92 Å². The summed E-state index contributed by atoms with van der Waals surface area (Å²) < 4.78 is 13.2. The minimum Gasteiger partial charge on any atom is -0.352 e. The summed E-state index contributed by atoms with van der Waals surface area (Å²) in [5.74, 6) is -0.606. The molecule has 5 heteroatoms. The molecule has 1 aromatic carbocycles. The first-order chi connectivity index (χ1) is 9.02. The van der Waals surface area contributed by atoms with E-state index in [0.717, 1.165) is 12.5 Å². The summed E-state index contributed by atoms with van der Waals surface area (Å²) in [7, 11) is 0. The normalized spacial score (nSPS) is 20.8. The molecule has 1 aliphatic carbocycles. The van der Waals surface area contributed by atoms with Crippen molar-refractivity contribution in [2.45, 2.75) is 20.3 Å². The Balaban J connectivity index is 2.19. The van der Waals surface area contributed by atoms with Crippen molar-refractivity contribution < 1.29 is 14.0 Å². The maximum atomic E-state index is 13.2. The summed E-state index contributed by atoms with van der Waals surface area (Å²) in [4.78, 5) is 23.7. The van der Waals surface area contributed by atoms with E-state index in [2.05, 4.69) is 10.6 Å². The summed E-state index contributed by atoms with van der Waals surface area (Å²) in [6, 6.07) is 3.79. The maximum absolute atomic E-state index is 13.2. The van der Waals surface area contributed by atoms with Gasteiger partial charge in [0.05, 0.1) is 11.3 Å². The summed E-state index contributed by atoms with van der Waals surface area (Å²) in [5, 5.41) is 5.30. The Labute approximate surface area is 111 Å². The van der Waals surface area contributed by atoms with E-state index in [1.807, 2.05) is 6.92 Å². The molecule has 2 atom stereocenters. The van der Waals surface area contributed by atoms with Gasteiger partial charge in [-0.25, -0.2) is 4.39 Å². The number of hydrogen-bond acceptors (Lipinski definition) is 2. The number of carbonyl (C=O) groups is 2. The third-order valence-electron chi connectivity index (χ3n) is 3.27. The molecule has 2 N–H and O–H groups in total. The highest BCUT2D eigenvalue weighted by Crippen LogP contribution is 2.38. The van der Waals surface area contributed by atoms with Crippen LogP contribution in [0.3, 0.4) is 0 Å². The first-order valence-corrected chi connectivity index (χ1v) is 6.41. The van der Waals surface area contributed by atoms with Crippen molar-refractivity contribution in [1.82, 2.24) is 5.32 Å². The predicted octanol–water partition coefficient (Wildman–Crippen LogP) is 2.17. The Hall–Kier alpha value is -1.91. The second-order valence-corrected chi connectivity index (χ2v) is 4.86. The topological polar surface area (TPSA) is 58.2 Å². The van der Waals surface area contributed by atoms with Crippen LogP contribution in [-0.4, -0.2) is 18.4 Å². The molecule has 2 amide bonds. The number of hydrogen-bond donors (Lipinski definition) is 2. The van der Waals surface area contributed by atoms with E-state index >= 15 is 0 Å². The Bertz CT molecular complexity index is 516. The SMILES string of the molecule is CCNC(=O)c1cc(F)ccc1NC(=O)C1CC1C. The predicted molar refractivity (Wildman–Crippen MR) is 70.3 cm³/mol. The number of carbonyl (C=O) groups excluding carboxylic acids is 2. The molecule has 4 nitrogen and oxygen atoms in total. The lowest BCUT2D eigenvalue weighted by Gasteiger charge is -2.11. The molecule has 1 saturated carbocycles. The molecule has 1 fully saturated rings. The van der Waals surface area contributed by atoms with Crippen molar-refractivity contribution >= 4 is 17.5 Å². The van der Waals surface area contributed by atoms with Crippen LogP contribution in [0.15, 0.2) is 18.2 Å². The Kier molecular flexibility index (Phi) is 3.83. The first kappa shape index (κ1) is 13.5.